The van der Waals surface area contributed by atoms with Crippen molar-refractivity contribution in [3.63, 3.8) is 0 Å². The number of ether oxygens (including phenoxy) is 1. The molecule has 0 unspecified atom stereocenters. The van der Waals surface area contributed by atoms with Crippen LogP contribution >= 0.6 is 0 Å². The molecule has 92 valence electrons. The Labute approximate surface area is 96.1 Å². The number of likely N-dealkylation sites (tertiary alicyclic amines) is 1. The predicted molar refractivity (Wildman–Crippen MR) is 59.9 cm³/mol. The van der Waals surface area contributed by atoms with Crippen molar-refractivity contribution in [2.45, 2.75) is 25.7 Å². The summed E-state index contributed by atoms with van der Waals surface area (Å²) in [5, 5.41) is 3.04. The van der Waals surface area contributed by atoms with Crippen LogP contribution in [0, 0.1) is 0 Å². The number of hydrogen-bond acceptors (Lipinski definition) is 4. The second kappa shape index (κ2) is 7.22. The van der Waals surface area contributed by atoms with Crippen molar-refractivity contribution in [1.82, 2.24) is 10.2 Å². The standard InChI is InChI=1S/C11H20N2O3/c1-16-11(15)5-4-6-12-9-10(14)13-7-2-3-8-13/h12H,2-9H2,1H3. The first-order valence-electron chi connectivity index (χ1n) is 5.79. The third kappa shape index (κ3) is 4.61. The molecule has 0 aliphatic carbocycles. The fourth-order valence-electron chi connectivity index (χ4n) is 1.73. The zero-order chi connectivity index (χ0) is 11.8. The van der Waals surface area contributed by atoms with Crippen molar-refractivity contribution in [2.24, 2.45) is 0 Å². The van der Waals surface area contributed by atoms with E-state index in [1.807, 2.05) is 4.90 Å². The third-order valence-electron chi connectivity index (χ3n) is 2.70. The van der Waals surface area contributed by atoms with Crippen molar-refractivity contribution >= 4 is 11.9 Å². The second-order valence-electron chi connectivity index (χ2n) is 3.94. The van der Waals surface area contributed by atoms with E-state index in [4.69, 9.17) is 0 Å². The molecule has 0 aromatic carbocycles. The summed E-state index contributed by atoms with van der Waals surface area (Å²) in [4.78, 5) is 24.2. The summed E-state index contributed by atoms with van der Waals surface area (Å²) >= 11 is 0. The van der Waals surface area contributed by atoms with Crippen molar-refractivity contribution in [1.29, 1.82) is 0 Å². The predicted octanol–water partition coefficient (Wildman–Crippen LogP) is 0.152. The molecule has 1 rings (SSSR count). The molecular weight excluding hydrogens is 208 g/mol. The molecule has 1 saturated heterocycles. The van der Waals surface area contributed by atoms with Gasteiger partial charge in [-0.25, -0.2) is 0 Å². The molecule has 0 aromatic rings. The fourth-order valence-corrected chi connectivity index (χ4v) is 1.73. The summed E-state index contributed by atoms with van der Waals surface area (Å²) in [6.45, 7) is 2.83. The van der Waals surface area contributed by atoms with Gasteiger partial charge in [-0.3, -0.25) is 9.59 Å². The number of hydrogen-bond donors (Lipinski definition) is 1. The highest BCUT2D eigenvalue weighted by Gasteiger charge is 2.16. The van der Waals surface area contributed by atoms with Crippen LogP contribution in [-0.4, -0.2) is 50.1 Å². The molecule has 1 aliphatic rings. The minimum Gasteiger partial charge on any atom is -0.469 e. The lowest BCUT2D eigenvalue weighted by atomic mass is 10.3. The van der Waals surface area contributed by atoms with Crippen LogP contribution in [-0.2, 0) is 14.3 Å². The van der Waals surface area contributed by atoms with Crippen LogP contribution in [0.3, 0.4) is 0 Å². The first-order chi connectivity index (χ1) is 7.74. The van der Waals surface area contributed by atoms with Gasteiger partial charge in [0, 0.05) is 19.5 Å². The zero-order valence-electron chi connectivity index (χ0n) is 9.83. The fraction of sp³-hybridized carbons (Fsp3) is 0.818. The van der Waals surface area contributed by atoms with Gasteiger partial charge in [-0.1, -0.05) is 0 Å². The number of carbonyl (C=O) groups is 2. The lowest BCUT2D eigenvalue weighted by Crippen LogP contribution is -2.36. The summed E-state index contributed by atoms with van der Waals surface area (Å²) in [5.41, 5.74) is 0. The highest BCUT2D eigenvalue weighted by molar-refractivity contribution is 5.78. The first-order valence-corrected chi connectivity index (χ1v) is 5.79. The van der Waals surface area contributed by atoms with Gasteiger partial charge in [0.15, 0.2) is 0 Å². The van der Waals surface area contributed by atoms with E-state index in [0.717, 1.165) is 25.9 Å². The van der Waals surface area contributed by atoms with E-state index < -0.39 is 0 Å². The highest BCUT2D eigenvalue weighted by Crippen LogP contribution is 2.06. The molecule has 0 radical (unpaired) electrons. The van der Waals surface area contributed by atoms with Crippen LogP contribution in [0.2, 0.25) is 0 Å². The topological polar surface area (TPSA) is 58.6 Å². The lowest BCUT2D eigenvalue weighted by molar-refractivity contribution is -0.140. The van der Waals surface area contributed by atoms with Gasteiger partial charge in [-0.05, 0) is 25.8 Å². The Hall–Kier alpha value is -1.10. The Morgan fingerprint density at radius 2 is 2.00 bits per heavy atom. The quantitative estimate of drug-likeness (QED) is 0.519. The van der Waals surface area contributed by atoms with E-state index in [9.17, 15) is 9.59 Å². The number of amides is 1. The molecule has 16 heavy (non-hydrogen) atoms. The summed E-state index contributed by atoms with van der Waals surface area (Å²) < 4.78 is 4.52. The van der Waals surface area contributed by atoms with E-state index in [1.54, 1.807) is 0 Å². The Balaban J connectivity index is 1.98. The molecule has 0 aromatic heterocycles. The van der Waals surface area contributed by atoms with Crippen LogP contribution < -0.4 is 5.32 Å². The van der Waals surface area contributed by atoms with Crippen molar-refractivity contribution in [2.75, 3.05) is 33.3 Å². The minimum atomic E-state index is -0.201. The van der Waals surface area contributed by atoms with Gasteiger partial charge in [-0.2, -0.15) is 0 Å². The molecule has 5 nitrogen and oxygen atoms in total. The molecule has 0 bridgehead atoms. The molecule has 1 heterocycles. The van der Waals surface area contributed by atoms with E-state index >= 15 is 0 Å². The van der Waals surface area contributed by atoms with Crippen molar-refractivity contribution in [3.8, 4) is 0 Å². The van der Waals surface area contributed by atoms with Gasteiger partial charge >= 0.3 is 5.97 Å². The maximum atomic E-state index is 11.6. The Kier molecular flexibility index (Phi) is 5.85. The third-order valence-corrected chi connectivity index (χ3v) is 2.70. The highest BCUT2D eigenvalue weighted by atomic mass is 16.5. The minimum absolute atomic E-state index is 0.163. The van der Waals surface area contributed by atoms with Crippen LogP contribution in [0.15, 0.2) is 0 Å². The SMILES string of the molecule is COC(=O)CCCNCC(=O)N1CCCC1. The number of carbonyl (C=O) groups excluding carboxylic acids is 2. The van der Waals surface area contributed by atoms with Crippen LogP contribution in [0.1, 0.15) is 25.7 Å². The number of nitrogens with one attached hydrogen (secondary N) is 1. The smallest absolute Gasteiger partial charge is 0.305 e. The van der Waals surface area contributed by atoms with Crippen LogP contribution in [0.25, 0.3) is 0 Å². The van der Waals surface area contributed by atoms with E-state index in [2.05, 4.69) is 10.1 Å². The molecular formula is C11H20N2O3. The molecule has 1 amide bonds. The molecule has 0 saturated carbocycles. The van der Waals surface area contributed by atoms with E-state index in [-0.39, 0.29) is 11.9 Å². The average Bonchev–Trinajstić information content (AvgIpc) is 2.81. The Morgan fingerprint density at radius 3 is 2.62 bits per heavy atom. The normalized spacial score (nSPS) is 15.2. The summed E-state index contributed by atoms with van der Waals surface area (Å²) in [6, 6.07) is 0. The lowest BCUT2D eigenvalue weighted by Gasteiger charge is -2.15. The molecule has 1 N–H and O–H groups in total. The summed E-state index contributed by atoms with van der Waals surface area (Å²) in [7, 11) is 1.38. The molecule has 1 fully saturated rings. The van der Waals surface area contributed by atoms with E-state index in [0.29, 0.717) is 25.9 Å². The number of rotatable bonds is 6. The maximum Gasteiger partial charge on any atom is 0.305 e. The summed E-state index contributed by atoms with van der Waals surface area (Å²) in [6.07, 6.45) is 3.35. The molecule has 0 spiro atoms. The second-order valence-corrected chi connectivity index (χ2v) is 3.94. The van der Waals surface area contributed by atoms with Crippen LogP contribution in [0.4, 0.5) is 0 Å². The molecule has 5 heteroatoms. The number of esters is 1. The van der Waals surface area contributed by atoms with Gasteiger partial charge < -0.3 is 15.0 Å². The molecule has 0 atom stereocenters. The number of nitrogens with zero attached hydrogens (tertiary/aromatic N) is 1. The van der Waals surface area contributed by atoms with Crippen molar-refractivity contribution < 1.29 is 14.3 Å². The van der Waals surface area contributed by atoms with Gasteiger partial charge in [-0.15, -0.1) is 0 Å². The average molecular weight is 228 g/mol. The van der Waals surface area contributed by atoms with Crippen molar-refractivity contribution in [3.05, 3.63) is 0 Å². The van der Waals surface area contributed by atoms with Crippen LogP contribution in [0.5, 0.6) is 0 Å². The monoisotopic (exact) mass is 228 g/mol. The van der Waals surface area contributed by atoms with Gasteiger partial charge in [0.25, 0.3) is 0 Å². The zero-order valence-corrected chi connectivity index (χ0v) is 9.83. The van der Waals surface area contributed by atoms with Gasteiger partial charge in [0.05, 0.1) is 13.7 Å². The largest absolute Gasteiger partial charge is 0.469 e. The summed E-state index contributed by atoms with van der Waals surface area (Å²) in [5.74, 6) is -0.0387. The first kappa shape index (κ1) is 13.0. The Bertz CT molecular complexity index is 237. The molecule has 1 aliphatic heterocycles. The van der Waals surface area contributed by atoms with Gasteiger partial charge in [0.2, 0.25) is 5.91 Å². The number of methoxy groups -OCH3 is 1. The maximum absolute atomic E-state index is 11.6. The Morgan fingerprint density at radius 1 is 1.31 bits per heavy atom. The van der Waals surface area contributed by atoms with E-state index in [1.165, 1.54) is 7.11 Å². The van der Waals surface area contributed by atoms with Gasteiger partial charge in [0.1, 0.15) is 0 Å².